The van der Waals surface area contributed by atoms with E-state index >= 15 is 0 Å². The summed E-state index contributed by atoms with van der Waals surface area (Å²) < 4.78 is 31.1. The molecule has 1 aromatic heterocycles. The number of fused-ring (bicyclic) bond motifs is 1. The van der Waals surface area contributed by atoms with Gasteiger partial charge in [0.05, 0.1) is 12.0 Å². The third-order valence-electron chi connectivity index (χ3n) is 6.38. The summed E-state index contributed by atoms with van der Waals surface area (Å²) in [5.41, 5.74) is 8.96. The number of nitrogens with zero attached hydrogens (tertiary/aromatic N) is 3. The van der Waals surface area contributed by atoms with E-state index in [1.54, 1.807) is 0 Å². The topological polar surface area (TPSA) is 120 Å². The second-order valence-corrected chi connectivity index (χ2v) is 11.1. The number of hydrogen-bond donors (Lipinski definition) is 2. The normalized spacial score (nSPS) is 22.5. The quantitative estimate of drug-likeness (QED) is 0.684. The summed E-state index contributed by atoms with van der Waals surface area (Å²) >= 11 is 0. The molecule has 0 spiro atoms. The minimum Gasteiger partial charge on any atom is -0.463 e. The number of hydrogen-bond acceptors (Lipinski definition) is 7. The minimum absolute atomic E-state index is 0.308. The molecule has 32 heavy (non-hydrogen) atoms. The Kier molecular flexibility index (Phi) is 6.22. The number of sulfonamides is 1. The van der Waals surface area contributed by atoms with Gasteiger partial charge >= 0.3 is 0 Å². The Morgan fingerprint density at radius 3 is 2.47 bits per heavy atom. The molecule has 0 saturated heterocycles. The molecule has 1 aromatic carbocycles. The van der Waals surface area contributed by atoms with Crippen molar-refractivity contribution in [1.82, 2.24) is 14.7 Å². The molecule has 0 bridgehead atoms. The van der Waals surface area contributed by atoms with E-state index in [-0.39, 0.29) is 0 Å². The van der Waals surface area contributed by atoms with Gasteiger partial charge in [0.2, 0.25) is 15.9 Å². The second kappa shape index (κ2) is 8.78. The summed E-state index contributed by atoms with van der Waals surface area (Å²) in [5, 5.41) is 0. The summed E-state index contributed by atoms with van der Waals surface area (Å²) in [6.07, 6.45) is 8.00. The van der Waals surface area contributed by atoms with Crippen molar-refractivity contribution in [2.45, 2.75) is 57.5 Å². The van der Waals surface area contributed by atoms with Crippen LogP contribution in [0.4, 0.5) is 11.5 Å². The predicted octanol–water partition coefficient (Wildman–Crippen LogP) is 3.56. The van der Waals surface area contributed by atoms with Crippen LogP contribution in [0, 0.1) is 5.92 Å². The molecule has 0 amide bonds. The highest BCUT2D eigenvalue weighted by molar-refractivity contribution is 7.88. The van der Waals surface area contributed by atoms with Gasteiger partial charge in [-0.3, -0.25) is 0 Å². The summed E-state index contributed by atoms with van der Waals surface area (Å²) in [4.78, 5) is 12.9. The summed E-state index contributed by atoms with van der Waals surface area (Å²) in [6.45, 7) is 4.48. The van der Waals surface area contributed by atoms with Gasteiger partial charge in [0.25, 0.3) is 0 Å². The monoisotopic (exact) mass is 457 g/mol. The maximum atomic E-state index is 11.2. The first-order chi connectivity index (χ1) is 15.1. The lowest BCUT2D eigenvalue weighted by Crippen LogP contribution is -2.41. The maximum absolute atomic E-state index is 11.2. The van der Waals surface area contributed by atoms with Crippen LogP contribution in [0.5, 0.6) is 5.88 Å². The van der Waals surface area contributed by atoms with Crippen LogP contribution in [0.3, 0.4) is 0 Å². The van der Waals surface area contributed by atoms with Crippen LogP contribution >= 0.6 is 0 Å². The highest BCUT2D eigenvalue weighted by Crippen LogP contribution is 2.40. The Morgan fingerprint density at radius 2 is 1.81 bits per heavy atom. The lowest BCUT2D eigenvalue weighted by Gasteiger charge is -2.32. The molecule has 172 valence electrons. The Balaban J connectivity index is 1.42. The van der Waals surface area contributed by atoms with E-state index in [0.717, 1.165) is 43.4 Å². The average Bonchev–Trinajstić information content (AvgIpc) is 2.73. The van der Waals surface area contributed by atoms with Gasteiger partial charge in [-0.05, 0) is 63.4 Å². The summed E-state index contributed by atoms with van der Waals surface area (Å²) in [6, 6.07) is 8.58. The van der Waals surface area contributed by atoms with Crippen molar-refractivity contribution in [1.29, 1.82) is 0 Å². The number of aliphatic imine (C=N–C) groups is 1. The van der Waals surface area contributed by atoms with Crippen molar-refractivity contribution in [2.75, 3.05) is 18.5 Å². The first kappa shape index (κ1) is 22.7. The van der Waals surface area contributed by atoms with Gasteiger partial charge < -0.3 is 10.5 Å². The van der Waals surface area contributed by atoms with Gasteiger partial charge in [-0.2, -0.15) is 4.98 Å². The van der Waals surface area contributed by atoms with Gasteiger partial charge in [0, 0.05) is 12.1 Å². The molecular weight excluding hydrogens is 426 g/mol. The van der Waals surface area contributed by atoms with Crippen LogP contribution in [0.15, 0.2) is 35.6 Å². The molecule has 1 fully saturated rings. The summed E-state index contributed by atoms with van der Waals surface area (Å²) in [5.74, 6) is 1.84. The molecular formula is C23H31N5O3S. The van der Waals surface area contributed by atoms with Crippen molar-refractivity contribution in [3.05, 3.63) is 41.7 Å². The van der Waals surface area contributed by atoms with Gasteiger partial charge in [0.1, 0.15) is 11.9 Å². The lowest BCUT2D eigenvalue weighted by atomic mass is 9.77. The maximum Gasteiger partial charge on any atom is 0.246 e. The highest BCUT2D eigenvalue weighted by Gasteiger charge is 2.35. The van der Waals surface area contributed by atoms with E-state index in [2.05, 4.69) is 39.0 Å². The second-order valence-electron chi connectivity index (χ2n) is 9.28. The van der Waals surface area contributed by atoms with E-state index < -0.39 is 15.6 Å². The molecule has 8 nitrogen and oxygen atoms in total. The predicted molar refractivity (Wildman–Crippen MR) is 126 cm³/mol. The van der Waals surface area contributed by atoms with Crippen LogP contribution in [-0.4, -0.2) is 42.5 Å². The van der Waals surface area contributed by atoms with Crippen molar-refractivity contribution in [2.24, 2.45) is 10.9 Å². The van der Waals surface area contributed by atoms with Gasteiger partial charge in [-0.1, -0.05) is 24.3 Å². The molecule has 4 rings (SSSR count). The molecule has 9 heteroatoms. The zero-order valence-electron chi connectivity index (χ0n) is 18.8. The van der Waals surface area contributed by atoms with Gasteiger partial charge in [0.15, 0.2) is 11.5 Å². The fourth-order valence-corrected chi connectivity index (χ4v) is 5.14. The van der Waals surface area contributed by atoms with Crippen molar-refractivity contribution >= 4 is 27.2 Å². The number of aromatic nitrogens is 2. The van der Waals surface area contributed by atoms with Crippen LogP contribution in [0.25, 0.3) is 0 Å². The Labute approximate surface area is 189 Å². The molecule has 2 aromatic rings. The molecule has 0 unspecified atom stereocenters. The van der Waals surface area contributed by atoms with E-state index in [0.29, 0.717) is 35.8 Å². The van der Waals surface area contributed by atoms with Crippen LogP contribution in [0.2, 0.25) is 0 Å². The fraction of sp³-hybridized carbons (Fsp3) is 0.522. The standard InChI is InChI=1S/C23H31N5O3S/c1-23(2)20(28-19-21(24)25-14-26-22(19)31-23)18-10-8-17(9-11-18)16-6-4-15(5-7-16)12-13-27-32(3,29)30/h8-11,14-16,27H,4-7,12-13H2,1-3H3,(H2,24,25,26). The lowest BCUT2D eigenvalue weighted by molar-refractivity contribution is 0.171. The Bertz CT molecular complexity index is 1100. The van der Waals surface area contributed by atoms with Gasteiger partial charge in [-0.25, -0.2) is 23.1 Å². The highest BCUT2D eigenvalue weighted by atomic mass is 32.2. The minimum atomic E-state index is -3.10. The molecule has 1 aliphatic heterocycles. The zero-order chi connectivity index (χ0) is 22.9. The number of benzene rings is 1. The number of anilines is 1. The number of rotatable bonds is 6. The number of nitrogen functional groups attached to an aromatic ring is 1. The third-order valence-corrected chi connectivity index (χ3v) is 7.11. The molecule has 2 aliphatic rings. The van der Waals surface area contributed by atoms with Crippen molar-refractivity contribution in [3.8, 4) is 5.88 Å². The Hall–Kier alpha value is -2.52. The van der Waals surface area contributed by atoms with Crippen molar-refractivity contribution < 1.29 is 13.2 Å². The third kappa shape index (κ3) is 5.10. The summed E-state index contributed by atoms with van der Waals surface area (Å²) in [7, 11) is -3.10. The number of nitrogens with one attached hydrogen (secondary N) is 1. The average molecular weight is 458 g/mol. The van der Waals surface area contributed by atoms with Gasteiger partial charge in [-0.15, -0.1) is 0 Å². The molecule has 0 atom stereocenters. The van der Waals surface area contributed by atoms with E-state index in [1.807, 2.05) is 13.8 Å². The molecule has 1 saturated carbocycles. The zero-order valence-corrected chi connectivity index (χ0v) is 19.7. The van der Waals surface area contributed by atoms with Crippen LogP contribution < -0.4 is 15.2 Å². The van der Waals surface area contributed by atoms with Crippen molar-refractivity contribution in [3.63, 3.8) is 0 Å². The largest absolute Gasteiger partial charge is 0.463 e. The van der Waals surface area contributed by atoms with E-state index in [4.69, 9.17) is 15.5 Å². The van der Waals surface area contributed by atoms with E-state index in [9.17, 15) is 8.42 Å². The molecule has 0 radical (unpaired) electrons. The number of ether oxygens (including phenoxy) is 1. The smallest absolute Gasteiger partial charge is 0.246 e. The first-order valence-corrected chi connectivity index (χ1v) is 12.9. The van der Waals surface area contributed by atoms with Crippen LogP contribution in [-0.2, 0) is 10.0 Å². The SMILES string of the molecule is CC1(C)Oc2ncnc(N)c2N=C1c1ccc(C2CCC(CCNS(C)(=O)=O)CC2)cc1. The van der Waals surface area contributed by atoms with Crippen LogP contribution in [0.1, 0.15) is 63.0 Å². The Morgan fingerprint density at radius 1 is 1.12 bits per heavy atom. The van der Waals surface area contributed by atoms with E-state index in [1.165, 1.54) is 18.1 Å². The first-order valence-electron chi connectivity index (χ1n) is 11.1. The molecule has 3 N–H and O–H groups in total. The molecule has 1 aliphatic carbocycles. The molecule has 2 heterocycles. The fourth-order valence-electron chi connectivity index (χ4n) is 4.65. The number of nitrogens with two attached hydrogens (primary N) is 1.